The molecule has 0 unspecified atom stereocenters. The Kier molecular flexibility index (Phi) is 2.37. The summed E-state index contributed by atoms with van der Waals surface area (Å²) >= 11 is 1.32. The van der Waals surface area contributed by atoms with Gasteiger partial charge < -0.3 is 0 Å². The van der Waals surface area contributed by atoms with Crippen molar-refractivity contribution < 1.29 is 4.79 Å². The Balaban J connectivity index is 2.36. The highest BCUT2D eigenvalue weighted by Crippen LogP contribution is 2.18. The monoisotopic (exact) mass is 204 g/mol. The number of carbonyl (C=O) groups excluding carboxylic acids is 1. The van der Waals surface area contributed by atoms with Crippen molar-refractivity contribution in [1.29, 1.82) is 0 Å². The van der Waals surface area contributed by atoms with Crippen LogP contribution in [0.4, 0.5) is 0 Å². The van der Waals surface area contributed by atoms with Crippen molar-refractivity contribution in [1.82, 2.24) is 9.59 Å². The predicted octanol–water partition coefficient (Wildman–Crippen LogP) is 2.41. The molecule has 2 rings (SSSR count). The van der Waals surface area contributed by atoms with Crippen LogP contribution < -0.4 is 0 Å². The number of nitrogens with zero attached hydrogens (tertiary/aromatic N) is 2. The van der Waals surface area contributed by atoms with Gasteiger partial charge in [-0.3, -0.25) is 4.79 Å². The number of Topliss-reactive ketones (excluding diaryl/α,β-unsaturated/α-hetero) is 1. The molecule has 0 atom stereocenters. The molecule has 0 aliphatic heterocycles. The Labute approximate surface area is 85.6 Å². The van der Waals surface area contributed by atoms with E-state index in [0.29, 0.717) is 0 Å². The number of rotatable bonds is 2. The highest BCUT2D eigenvalue weighted by atomic mass is 32.1. The lowest BCUT2D eigenvalue weighted by Crippen LogP contribution is -1.90. The van der Waals surface area contributed by atoms with Crippen molar-refractivity contribution in [3.05, 3.63) is 35.2 Å². The minimum absolute atomic E-state index is 0.0768. The summed E-state index contributed by atoms with van der Waals surface area (Å²) in [5.41, 5.74) is 2.56. The Bertz CT molecular complexity index is 434. The molecule has 3 nitrogen and oxygen atoms in total. The van der Waals surface area contributed by atoms with Crippen LogP contribution in [0.2, 0.25) is 0 Å². The highest BCUT2D eigenvalue weighted by Gasteiger charge is 2.02. The maximum Gasteiger partial charge on any atom is 0.159 e. The number of ketones is 1. The van der Waals surface area contributed by atoms with E-state index in [1.54, 1.807) is 19.1 Å². The molecule has 14 heavy (non-hydrogen) atoms. The zero-order chi connectivity index (χ0) is 9.97. The van der Waals surface area contributed by atoms with Crippen LogP contribution in [0, 0.1) is 0 Å². The first-order chi connectivity index (χ1) is 6.77. The third-order valence-corrected chi connectivity index (χ3v) is 2.45. The lowest BCUT2D eigenvalue weighted by atomic mass is 10.1. The minimum atomic E-state index is 0.0768. The van der Waals surface area contributed by atoms with E-state index in [2.05, 4.69) is 9.59 Å². The van der Waals surface area contributed by atoms with Gasteiger partial charge in [0.25, 0.3) is 0 Å². The van der Waals surface area contributed by atoms with Crippen LogP contribution in [0.3, 0.4) is 0 Å². The Morgan fingerprint density at radius 2 is 2.00 bits per heavy atom. The number of hydrogen-bond acceptors (Lipinski definition) is 4. The molecule has 0 radical (unpaired) electrons. The first-order valence-corrected chi connectivity index (χ1v) is 4.99. The van der Waals surface area contributed by atoms with Crippen LogP contribution in [0.1, 0.15) is 17.3 Å². The molecule has 0 bridgehead atoms. The maximum absolute atomic E-state index is 11.0. The van der Waals surface area contributed by atoms with Crippen molar-refractivity contribution in [3.8, 4) is 11.3 Å². The topological polar surface area (TPSA) is 42.9 Å². The second-order valence-corrected chi connectivity index (χ2v) is 3.53. The molecule has 1 aromatic carbocycles. The summed E-state index contributed by atoms with van der Waals surface area (Å²) in [6.07, 6.45) is 0. The van der Waals surface area contributed by atoms with Gasteiger partial charge in [-0.15, -0.1) is 5.10 Å². The molecule has 0 N–H and O–H groups in total. The Morgan fingerprint density at radius 3 is 2.50 bits per heavy atom. The molecule has 0 aliphatic carbocycles. The summed E-state index contributed by atoms with van der Waals surface area (Å²) in [5, 5.41) is 5.82. The summed E-state index contributed by atoms with van der Waals surface area (Å²) in [6, 6.07) is 7.37. The van der Waals surface area contributed by atoms with Crippen molar-refractivity contribution >= 4 is 17.3 Å². The smallest absolute Gasteiger partial charge is 0.159 e. The van der Waals surface area contributed by atoms with Gasteiger partial charge >= 0.3 is 0 Å². The molecule has 0 saturated heterocycles. The molecule has 0 saturated carbocycles. The van der Waals surface area contributed by atoms with Gasteiger partial charge in [-0.25, -0.2) is 0 Å². The maximum atomic E-state index is 11.0. The summed E-state index contributed by atoms with van der Waals surface area (Å²) in [5.74, 6) is 0.0768. The van der Waals surface area contributed by atoms with E-state index in [4.69, 9.17) is 0 Å². The molecule has 1 heterocycles. The largest absolute Gasteiger partial charge is 0.295 e. The van der Waals surface area contributed by atoms with Gasteiger partial charge in [0.15, 0.2) is 5.78 Å². The van der Waals surface area contributed by atoms with E-state index >= 15 is 0 Å². The molecule has 0 amide bonds. The fourth-order valence-electron chi connectivity index (χ4n) is 1.17. The lowest BCUT2D eigenvalue weighted by molar-refractivity contribution is 0.101. The quantitative estimate of drug-likeness (QED) is 0.705. The molecule has 4 heteroatoms. The summed E-state index contributed by atoms with van der Waals surface area (Å²) in [6.45, 7) is 1.55. The van der Waals surface area contributed by atoms with Gasteiger partial charge in [0.05, 0.1) is 0 Å². The van der Waals surface area contributed by atoms with Gasteiger partial charge in [0.1, 0.15) is 5.69 Å². The van der Waals surface area contributed by atoms with Crippen LogP contribution in [-0.4, -0.2) is 15.4 Å². The van der Waals surface area contributed by atoms with Crippen LogP contribution in [0.25, 0.3) is 11.3 Å². The minimum Gasteiger partial charge on any atom is -0.295 e. The summed E-state index contributed by atoms with van der Waals surface area (Å²) in [7, 11) is 0. The number of benzene rings is 1. The van der Waals surface area contributed by atoms with E-state index in [1.807, 2.05) is 17.5 Å². The fraction of sp³-hybridized carbons (Fsp3) is 0.100. The molecule has 0 fully saturated rings. The normalized spacial score (nSPS) is 10.1. The van der Waals surface area contributed by atoms with E-state index in [-0.39, 0.29) is 5.78 Å². The fourth-order valence-corrected chi connectivity index (χ4v) is 1.63. The van der Waals surface area contributed by atoms with Gasteiger partial charge in [0, 0.05) is 16.5 Å². The van der Waals surface area contributed by atoms with E-state index < -0.39 is 0 Å². The zero-order valence-corrected chi connectivity index (χ0v) is 8.41. The van der Waals surface area contributed by atoms with Crippen LogP contribution in [-0.2, 0) is 0 Å². The van der Waals surface area contributed by atoms with Gasteiger partial charge in [0.2, 0.25) is 0 Å². The standard InChI is InChI=1S/C10H8N2OS/c1-7(13)8-2-4-9(5-3-8)10-6-14-12-11-10/h2-6H,1H3. The van der Waals surface area contributed by atoms with E-state index in [9.17, 15) is 4.79 Å². The molecule has 0 aliphatic rings. The van der Waals surface area contributed by atoms with Gasteiger partial charge in [-0.05, 0) is 18.5 Å². The van der Waals surface area contributed by atoms with Crippen molar-refractivity contribution in [3.63, 3.8) is 0 Å². The molecule has 0 spiro atoms. The molecule has 2 aromatic rings. The molecular formula is C10H8N2OS. The van der Waals surface area contributed by atoms with E-state index in [0.717, 1.165) is 16.8 Å². The summed E-state index contributed by atoms with van der Waals surface area (Å²) in [4.78, 5) is 11.0. The third-order valence-electron chi connectivity index (χ3n) is 1.95. The molecule has 70 valence electrons. The Morgan fingerprint density at radius 1 is 1.29 bits per heavy atom. The SMILES string of the molecule is CC(=O)c1ccc(-c2csnn2)cc1. The van der Waals surface area contributed by atoms with E-state index in [1.165, 1.54) is 11.5 Å². The third kappa shape index (κ3) is 1.70. The zero-order valence-electron chi connectivity index (χ0n) is 7.60. The predicted molar refractivity (Wildman–Crippen MR) is 55.3 cm³/mol. The lowest BCUT2D eigenvalue weighted by Gasteiger charge is -1.97. The van der Waals surface area contributed by atoms with Gasteiger partial charge in [-0.2, -0.15) is 0 Å². The number of carbonyl (C=O) groups is 1. The van der Waals surface area contributed by atoms with Crippen LogP contribution in [0.5, 0.6) is 0 Å². The number of hydrogen-bond donors (Lipinski definition) is 0. The Hall–Kier alpha value is -1.55. The van der Waals surface area contributed by atoms with Crippen LogP contribution in [0.15, 0.2) is 29.6 Å². The highest BCUT2D eigenvalue weighted by molar-refractivity contribution is 7.03. The average Bonchev–Trinajstić information content (AvgIpc) is 2.71. The first-order valence-electron chi connectivity index (χ1n) is 4.16. The average molecular weight is 204 g/mol. The molecule has 1 aromatic heterocycles. The van der Waals surface area contributed by atoms with Crippen molar-refractivity contribution in [2.75, 3.05) is 0 Å². The first kappa shape index (κ1) is 9.02. The summed E-state index contributed by atoms with van der Waals surface area (Å²) < 4.78 is 3.78. The molecular weight excluding hydrogens is 196 g/mol. The second-order valence-electron chi connectivity index (χ2n) is 2.92. The van der Waals surface area contributed by atoms with Gasteiger partial charge in [-0.1, -0.05) is 28.8 Å². The second kappa shape index (κ2) is 3.67. The van der Waals surface area contributed by atoms with Crippen LogP contribution >= 0.6 is 11.5 Å². The number of aromatic nitrogens is 2. The van der Waals surface area contributed by atoms with Crippen molar-refractivity contribution in [2.24, 2.45) is 0 Å². The van der Waals surface area contributed by atoms with Crippen molar-refractivity contribution in [2.45, 2.75) is 6.92 Å².